The highest BCUT2D eigenvalue weighted by atomic mass is 16.4. The molecule has 0 unspecified atom stereocenters. The van der Waals surface area contributed by atoms with E-state index >= 15 is 0 Å². The zero-order valence-corrected chi connectivity index (χ0v) is 15.8. The molecule has 29 heavy (non-hydrogen) atoms. The quantitative estimate of drug-likeness (QED) is 0.521. The molecule has 1 aromatic heterocycles. The second-order valence-electron chi connectivity index (χ2n) is 7.27. The van der Waals surface area contributed by atoms with E-state index in [0.29, 0.717) is 11.4 Å². The third kappa shape index (κ3) is 2.66. The first kappa shape index (κ1) is 17.4. The third-order valence-corrected chi connectivity index (χ3v) is 5.58. The van der Waals surface area contributed by atoms with Gasteiger partial charge >= 0.3 is 5.97 Å². The Labute approximate surface area is 167 Å². The first-order valence-electron chi connectivity index (χ1n) is 9.48. The minimum absolute atomic E-state index is 0.247. The van der Waals surface area contributed by atoms with Crippen molar-refractivity contribution in [3.8, 4) is 28.1 Å². The number of aromatic hydroxyl groups is 1. The molecule has 0 saturated heterocycles. The largest absolute Gasteiger partial charge is 0.504 e. The Balaban J connectivity index is 1.79. The lowest BCUT2D eigenvalue weighted by molar-refractivity contribution is 0.0686. The van der Waals surface area contributed by atoms with Gasteiger partial charge in [-0.05, 0) is 52.8 Å². The molecule has 1 aliphatic carbocycles. The standard InChI is InChI=1S/C24H18N2O3/c1-13-25-21(23(27)22(26-13)24(28)29)20-8-4-7-16-18-10-9-14-5-2-3-6-15(14)17(18)11-12-19(16)20/h2-8,11-12,27H,9-10H2,1H3,(H,28,29). The number of aromatic nitrogens is 2. The molecule has 3 aromatic carbocycles. The van der Waals surface area contributed by atoms with Crippen molar-refractivity contribution in [3.05, 3.63) is 77.2 Å². The topological polar surface area (TPSA) is 83.3 Å². The highest BCUT2D eigenvalue weighted by Gasteiger charge is 2.22. The highest BCUT2D eigenvalue weighted by molar-refractivity contribution is 6.03. The van der Waals surface area contributed by atoms with Gasteiger partial charge in [0.25, 0.3) is 0 Å². The molecule has 2 N–H and O–H groups in total. The van der Waals surface area contributed by atoms with E-state index in [9.17, 15) is 15.0 Å². The molecule has 1 aliphatic rings. The SMILES string of the molecule is Cc1nc(C(=O)O)c(O)c(-c2cccc3c4c(ccc23)-c2ccccc2CC4)n1. The molecule has 0 radical (unpaired) electrons. The normalized spacial score (nSPS) is 12.4. The molecular formula is C24H18N2O3. The van der Waals surface area contributed by atoms with Crippen LogP contribution in [0.3, 0.4) is 0 Å². The van der Waals surface area contributed by atoms with Crippen LogP contribution in [0.1, 0.15) is 27.4 Å². The van der Waals surface area contributed by atoms with Gasteiger partial charge in [0, 0.05) is 5.56 Å². The first-order chi connectivity index (χ1) is 14.0. The second-order valence-corrected chi connectivity index (χ2v) is 7.27. The van der Waals surface area contributed by atoms with E-state index < -0.39 is 11.7 Å². The lowest BCUT2D eigenvalue weighted by atomic mass is 9.82. The molecule has 0 saturated carbocycles. The van der Waals surface area contributed by atoms with Crippen molar-refractivity contribution in [3.63, 3.8) is 0 Å². The van der Waals surface area contributed by atoms with Crippen molar-refractivity contribution in [1.29, 1.82) is 0 Å². The van der Waals surface area contributed by atoms with Gasteiger partial charge in [-0.3, -0.25) is 0 Å². The molecule has 0 spiro atoms. The highest BCUT2D eigenvalue weighted by Crippen LogP contribution is 2.41. The van der Waals surface area contributed by atoms with Crippen LogP contribution >= 0.6 is 0 Å². The lowest BCUT2D eigenvalue weighted by Crippen LogP contribution is -2.06. The lowest BCUT2D eigenvalue weighted by Gasteiger charge is -2.22. The Morgan fingerprint density at radius 3 is 2.48 bits per heavy atom. The van der Waals surface area contributed by atoms with Gasteiger partial charge in [0.05, 0.1) is 0 Å². The van der Waals surface area contributed by atoms with Crippen LogP contribution in [-0.2, 0) is 12.8 Å². The average molecular weight is 382 g/mol. The van der Waals surface area contributed by atoms with Crippen molar-refractivity contribution < 1.29 is 15.0 Å². The molecule has 5 rings (SSSR count). The summed E-state index contributed by atoms with van der Waals surface area (Å²) in [7, 11) is 0. The number of hydrogen-bond donors (Lipinski definition) is 2. The van der Waals surface area contributed by atoms with Crippen LogP contribution in [0, 0.1) is 6.92 Å². The van der Waals surface area contributed by atoms with E-state index in [1.807, 2.05) is 18.2 Å². The van der Waals surface area contributed by atoms with Crippen molar-refractivity contribution in [2.45, 2.75) is 19.8 Å². The number of benzene rings is 3. The second kappa shape index (κ2) is 6.41. The van der Waals surface area contributed by atoms with Crippen LogP contribution in [-0.4, -0.2) is 26.2 Å². The molecule has 0 amide bonds. The summed E-state index contributed by atoms with van der Waals surface area (Å²) in [6, 6.07) is 18.5. The van der Waals surface area contributed by atoms with Crippen LogP contribution in [0.25, 0.3) is 33.2 Å². The smallest absolute Gasteiger partial charge is 0.358 e. The van der Waals surface area contributed by atoms with Gasteiger partial charge in [-0.25, -0.2) is 14.8 Å². The molecule has 0 atom stereocenters. The van der Waals surface area contributed by atoms with E-state index in [1.54, 1.807) is 6.92 Å². The van der Waals surface area contributed by atoms with Gasteiger partial charge in [0.15, 0.2) is 11.4 Å². The van der Waals surface area contributed by atoms with Crippen molar-refractivity contribution >= 4 is 16.7 Å². The Morgan fingerprint density at radius 2 is 1.66 bits per heavy atom. The third-order valence-electron chi connectivity index (χ3n) is 5.58. The maximum atomic E-state index is 11.5. The van der Waals surface area contributed by atoms with E-state index in [4.69, 9.17) is 0 Å². The Morgan fingerprint density at radius 1 is 0.862 bits per heavy atom. The summed E-state index contributed by atoms with van der Waals surface area (Å²) < 4.78 is 0. The molecular weight excluding hydrogens is 364 g/mol. The summed E-state index contributed by atoms with van der Waals surface area (Å²) in [5.74, 6) is -1.37. The number of carboxylic acid groups (broad SMARTS) is 1. The summed E-state index contributed by atoms with van der Waals surface area (Å²) in [5, 5.41) is 22.0. The minimum Gasteiger partial charge on any atom is -0.504 e. The summed E-state index contributed by atoms with van der Waals surface area (Å²) in [4.78, 5) is 19.7. The number of carboxylic acids is 1. The Bertz CT molecular complexity index is 1310. The van der Waals surface area contributed by atoms with Gasteiger partial charge in [-0.2, -0.15) is 0 Å². The summed E-state index contributed by atoms with van der Waals surface area (Å²) in [5.41, 5.74) is 5.68. The maximum absolute atomic E-state index is 11.5. The maximum Gasteiger partial charge on any atom is 0.358 e. The van der Waals surface area contributed by atoms with E-state index in [2.05, 4.69) is 46.4 Å². The zero-order chi connectivity index (χ0) is 20.1. The molecule has 0 fully saturated rings. The number of fused-ring (bicyclic) bond motifs is 5. The molecule has 142 valence electrons. The summed E-state index contributed by atoms with van der Waals surface area (Å²) in [6.07, 6.45) is 1.91. The number of nitrogens with zero attached hydrogens (tertiary/aromatic N) is 2. The molecule has 1 heterocycles. The fourth-order valence-corrected chi connectivity index (χ4v) is 4.31. The van der Waals surface area contributed by atoms with E-state index in [-0.39, 0.29) is 11.4 Å². The molecule has 4 aromatic rings. The van der Waals surface area contributed by atoms with Crippen molar-refractivity contribution in [2.75, 3.05) is 0 Å². The fourth-order valence-electron chi connectivity index (χ4n) is 4.31. The Hall–Kier alpha value is -3.73. The van der Waals surface area contributed by atoms with Gasteiger partial charge < -0.3 is 10.2 Å². The number of hydrogen-bond acceptors (Lipinski definition) is 4. The molecule has 5 heteroatoms. The predicted octanol–water partition coefficient (Wildman–Crippen LogP) is 4.77. The van der Waals surface area contributed by atoms with E-state index in [0.717, 1.165) is 23.6 Å². The van der Waals surface area contributed by atoms with Crippen molar-refractivity contribution in [2.24, 2.45) is 0 Å². The van der Waals surface area contributed by atoms with Gasteiger partial charge in [-0.1, -0.05) is 54.6 Å². The predicted molar refractivity (Wildman–Crippen MR) is 111 cm³/mol. The average Bonchev–Trinajstić information content (AvgIpc) is 2.74. The van der Waals surface area contributed by atoms with Crippen LogP contribution in [0.15, 0.2) is 54.6 Å². The summed E-state index contributed by atoms with van der Waals surface area (Å²) in [6.45, 7) is 1.62. The van der Waals surface area contributed by atoms with Crippen LogP contribution in [0.4, 0.5) is 0 Å². The Kier molecular flexibility index (Phi) is 3.84. The molecule has 0 aliphatic heterocycles. The van der Waals surface area contributed by atoms with E-state index in [1.165, 1.54) is 22.3 Å². The van der Waals surface area contributed by atoms with Crippen LogP contribution < -0.4 is 0 Å². The van der Waals surface area contributed by atoms with Gasteiger partial charge in [0.1, 0.15) is 11.5 Å². The molecule has 5 nitrogen and oxygen atoms in total. The van der Waals surface area contributed by atoms with Gasteiger partial charge in [0.2, 0.25) is 0 Å². The summed E-state index contributed by atoms with van der Waals surface area (Å²) >= 11 is 0. The number of carbonyl (C=O) groups is 1. The van der Waals surface area contributed by atoms with Crippen LogP contribution in [0.2, 0.25) is 0 Å². The van der Waals surface area contributed by atoms with Crippen molar-refractivity contribution in [1.82, 2.24) is 9.97 Å². The number of rotatable bonds is 2. The monoisotopic (exact) mass is 382 g/mol. The zero-order valence-electron chi connectivity index (χ0n) is 15.8. The number of aromatic carboxylic acids is 1. The minimum atomic E-state index is -1.27. The van der Waals surface area contributed by atoms with Crippen LogP contribution in [0.5, 0.6) is 5.75 Å². The fraction of sp³-hybridized carbons (Fsp3) is 0.125. The number of aryl methyl sites for hydroxylation is 3. The molecule has 0 bridgehead atoms. The van der Waals surface area contributed by atoms with Gasteiger partial charge in [-0.15, -0.1) is 0 Å². The first-order valence-corrected chi connectivity index (χ1v) is 9.48.